The zero-order valence-electron chi connectivity index (χ0n) is 9.61. The number of amides is 1. The Morgan fingerprint density at radius 2 is 2.11 bits per heavy atom. The molecule has 0 aliphatic rings. The maximum absolute atomic E-state index is 13.8. The molecule has 2 aromatic rings. The third kappa shape index (κ3) is 1.71. The first-order chi connectivity index (χ1) is 8.43. The van der Waals surface area contributed by atoms with Crippen LogP contribution in [0.25, 0.3) is 10.9 Å². The molecule has 0 atom stereocenters. The summed E-state index contributed by atoms with van der Waals surface area (Å²) >= 11 is 0. The van der Waals surface area contributed by atoms with Gasteiger partial charge in [0.15, 0.2) is 0 Å². The van der Waals surface area contributed by atoms with Crippen molar-refractivity contribution in [2.45, 2.75) is 13.5 Å². The van der Waals surface area contributed by atoms with Crippen molar-refractivity contribution < 1.29 is 19.1 Å². The first-order valence-corrected chi connectivity index (χ1v) is 5.22. The topological polar surface area (TPSA) is 85.3 Å². The number of aromatic nitrogens is 1. The Morgan fingerprint density at radius 1 is 1.44 bits per heavy atom. The molecule has 0 aliphatic heterocycles. The average molecular weight is 250 g/mol. The number of primary amides is 1. The summed E-state index contributed by atoms with van der Waals surface area (Å²) in [6, 6.07) is 4.31. The zero-order chi connectivity index (χ0) is 13.4. The van der Waals surface area contributed by atoms with Crippen molar-refractivity contribution in [3.8, 4) is 0 Å². The minimum atomic E-state index is -1.22. The monoisotopic (exact) mass is 250 g/mol. The Balaban J connectivity index is 2.89. The van der Waals surface area contributed by atoms with Gasteiger partial charge in [0.1, 0.15) is 18.1 Å². The second kappa shape index (κ2) is 4.14. The molecule has 2 rings (SSSR count). The van der Waals surface area contributed by atoms with E-state index < -0.39 is 17.7 Å². The van der Waals surface area contributed by atoms with Crippen molar-refractivity contribution in [1.82, 2.24) is 4.57 Å². The van der Waals surface area contributed by atoms with E-state index in [0.717, 1.165) is 4.57 Å². The summed E-state index contributed by atoms with van der Waals surface area (Å²) in [6.07, 6.45) is 0. The van der Waals surface area contributed by atoms with E-state index in [1.807, 2.05) is 0 Å². The van der Waals surface area contributed by atoms with Gasteiger partial charge in [-0.05, 0) is 18.6 Å². The van der Waals surface area contributed by atoms with Gasteiger partial charge in [-0.1, -0.05) is 12.1 Å². The fourth-order valence-corrected chi connectivity index (χ4v) is 2.12. The maximum Gasteiger partial charge on any atom is 0.352 e. The fourth-order valence-electron chi connectivity index (χ4n) is 2.12. The highest BCUT2D eigenvalue weighted by molar-refractivity contribution is 5.99. The van der Waals surface area contributed by atoms with Crippen LogP contribution in [-0.4, -0.2) is 21.6 Å². The van der Waals surface area contributed by atoms with E-state index in [2.05, 4.69) is 0 Å². The summed E-state index contributed by atoms with van der Waals surface area (Å²) in [5, 5.41) is 9.62. The van der Waals surface area contributed by atoms with Crippen LogP contribution in [-0.2, 0) is 11.3 Å². The number of aromatic carboxylic acids is 1. The highest BCUT2D eigenvalue weighted by Gasteiger charge is 2.22. The summed E-state index contributed by atoms with van der Waals surface area (Å²) in [5.74, 6) is -2.52. The molecule has 0 saturated heterocycles. The van der Waals surface area contributed by atoms with Crippen LogP contribution in [0.1, 0.15) is 16.1 Å². The summed E-state index contributed by atoms with van der Waals surface area (Å²) < 4.78 is 14.9. The molecule has 1 heterocycles. The second-order valence-corrected chi connectivity index (χ2v) is 3.97. The lowest BCUT2D eigenvalue weighted by Gasteiger charge is -2.06. The molecule has 0 unspecified atom stereocenters. The van der Waals surface area contributed by atoms with Crippen LogP contribution in [0, 0.1) is 12.7 Å². The molecule has 18 heavy (non-hydrogen) atoms. The molecule has 94 valence electrons. The number of aryl methyl sites for hydroxylation is 1. The average Bonchev–Trinajstić information content (AvgIpc) is 2.52. The largest absolute Gasteiger partial charge is 0.477 e. The van der Waals surface area contributed by atoms with Crippen molar-refractivity contribution in [2.75, 3.05) is 0 Å². The summed E-state index contributed by atoms with van der Waals surface area (Å²) in [6.45, 7) is 1.20. The maximum atomic E-state index is 13.8. The van der Waals surface area contributed by atoms with Gasteiger partial charge in [0.05, 0.1) is 5.52 Å². The van der Waals surface area contributed by atoms with Gasteiger partial charge in [-0.3, -0.25) is 4.79 Å². The van der Waals surface area contributed by atoms with E-state index in [1.54, 1.807) is 13.0 Å². The molecule has 6 heteroatoms. The molecular formula is C12H11FN2O3. The molecule has 0 aliphatic carbocycles. The molecule has 0 radical (unpaired) electrons. The number of carboxylic acids is 1. The highest BCUT2D eigenvalue weighted by Crippen LogP contribution is 2.27. The summed E-state index contributed by atoms with van der Waals surface area (Å²) in [4.78, 5) is 22.2. The normalized spacial score (nSPS) is 10.8. The van der Waals surface area contributed by atoms with Crippen molar-refractivity contribution >= 4 is 22.8 Å². The first kappa shape index (κ1) is 12.1. The minimum Gasteiger partial charge on any atom is -0.477 e. The van der Waals surface area contributed by atoms with E-state index in [9.17, 15) is 14.0 Å². The standard InChI is InChI=1S/C12H11FN2O3/c1-6-7-3-2-4-8(13)11(7)15(5-9(14)16)10(6)12(17)18/h2-4H,5H2,1H3,(H2,14,16)(H,17,18). The predicted molar refractivity (Wildman–Crippen MR) is 62.8 cm³/mol. The number of carbonyl (C=O) groups excluding carboxylic acids is 1. The number of hydrogen-bond donors (Lipinski definition) is 2. The Hall–Kier alpha value is -2.37. The van der Waals surface area contributed by atoms with Gasteiger partial charge >= 0.3 is 5.97 Å². The summed E-state index contributed by atoms with van der Waals surface area (Å²) in [7, 11) is 0. The fraction of sp³-hybridized carbons (Fsp3) is 0.167. The summed E-state index contributed by atoms with van der Waals surface area (Å²) in [5.41, 5.74) is 5.46. The van der Waals surface area contributed by atoms with Crippen LogP contribution < -0.4 is 5.73 Å². The molecule has 1 aromatic heterocycles. The number of carboxylic acid groups (broad SMARTS) is 1. The number of fused-ring (bicyclic) bond motifs is 1. The number of hydrogen-bond acceptors (Lipinski definition) is 2. The van der Waals surface area contributed by atoms with E-state index in [0.29, 0.717) is 10.9 Å². The van der Waals surface area contributed by atoms with Gasteiger partial charge in [0, 0.05) is 5.39 Å². The van der Waals surface area contributed by atoms with Crippen molar-refractivity contribution in [1.29, 1.82) is 0 Å². The number of para-hydroxylation sites is 1. The Labute approximate surface area is 102 Å². The molecule has 0 fully saturated rings. The van der Waals surface area contributed by atoms with Gasteiger partial charge in [0.25, 0.3) is 0 Å². The van der Waals surface area contributed by atoms with E-state index in [4.69, 9.17) is 10.8 Å². The van der Waals surface area contributed by atoms with E-state index in [-0.39, 0.29) is 17.8 Å². The second-order valence-electron chi connectivity index (χ2n) is 3.97. The van der Waals surface area contributed by atoms with Gasteiger partial charge < -0.3 is 15.4 Å². The van der Waals surface area contributed by atoms with Crippen LogP contribution in [0.4, 0.5) is 4.39 Å². The predicted octanol–water partition coefficient (Wildman–Crippen LogP) is 1.27. The zero-order valence-corrected chi connectivity index (χ0v) is 9.61. The first-order valence-electron chi connectivity index (χ1n) is 5.22. The number of rotatable bonds is 3. The highest BCUT2D eigenvalue weighted by atomic mass is 19.1. The van der Waals surface area contributed by atoms with E-state index in [1.165, 1.54) is 12.1 Å². The molecular weight excluding hydrogens is 239 g/mol. The third-order valence-corrected chi connectivity index (χ3v) is 2.80. The van der Waals surface area contributed by atoms with Crippen LogP contribution in [0.5, 0.6) is 0 Å². The number of carbonyl (C=O) groups is 2. The lowest BCUT2D eigenvalue weighted by atomic mass is 10.1. The Morgan fingerprint density at radius 3 is 2.67 bits per heavy atom. The third-order valence-electron chi connectivity index (χ3n) is 2.80. The lowest BCUT2D eigenvalue weighted by Crippen LogP contribution is -2.22. The smallest absolute Gasteiger partial charge is 0.352 e. The number of halogens is 1. The number of nitrogens with two attached hydrogens (primary N) is 1. The van der Waals surface area contributed by atoms with Crippen molar-refractivity contribution in [2.24, 2.45) is 5.73 Å². The van der Waals surface area contributed by atoms with Crippen LogP contribution in [0.2, 0.25) is 0 Å². The van der Waals surface area contributed by atoms with Crippen LogP contribution in [0.3, 0.4) is 0 Å². The molecule has 3 N–H and O–H groups in total. The van der Waals surface area contributed by atoms with Gasteiger partial charge in [-0.15, -0.1) is 0 Å². The minimum absolute atomic E-state index is 0.0891. The molecule has 1 aromatic carbocycles. The van der Waals surface area contributed by atoms with E-state index >= 15 is 0 Å². The Kier molecular flexibility index (Phi) is 2.78. The van der Waals surface area contributed by atoms with Crippen molar-refractivity contribution in [3.05, 3.63) is 35.3 Å². The Bertz CT molecular complexity index is 661. The van der Waals surface area contributed by atoms with Crippen LogP contribution in [0.15, 0.2) is 18.2 Å². The SMILES string of the molecule is Cc1c(C(=O)O)n(CC(N)=O)c2c(F)cccc12. The van der Waals surface area contributed by atoms with Crippen LogP contribution >= 0.6 is 0 Å². The molecule has 0 spiro atoms. The number of benzene rings is 1. The molecule has 5 nitrogen and oxygen atoms in total. The molecule has 1 amide bonds. The lowest BCUT2D eigenvalue weighted by molar-refractivity contribution is -0.118. The van der Waals surface area contributed by atoms with Crippen molar-refractivity contribution in [3.63, 3.8) is 0 Å². The molecule has 0 bridgehead atoms. The molecule has 0 saturated carbocycles. The number of nitrogens with zero attached hydrogens (tertiary/aromatic N) is 1. The van der Waals surface area contributed by atoms with Gasteiger partial charge in [0.2, 0.25) is 5.91 Å². The van der Waals surface area contributed by atoms with Gasteiger partial charge in [-0.25, -0.2) is 9.18 Å². The quantitative estimate of drug-likeness (QED) is 0.860. The van der Waals surface area contributed by atoms with Gasteiger partial charge in [-0.2, -0.15) is 0 Å².